The second-order valence-electron chi connectivity index (χ2n) is 8.84. The Morgan fingerprint density at radius 2 is 1.77 bits per heavy atom. The van der Waals surface area contributed by atoms with Gasteiger partial charge in [-0.05, 0) is 58.9 Å². The lowest BCUT2D eigenvalue weighted by atomic mass is 10.2. The Kier molecular flexibility index (Phi) is 7.33. The van der Waals surface area contributed by atoms with Crippen molar-refractivity contribution in [2.75, 3.05) is 39.3 Å². The van der Waals surface area contributed by atoms with Crippen LogP contribution in [0.3, 0.4) is 0 Å². The molecule has 2 aromatic rings. The highest BCUT2D eigenvalue weighted by molar-refractivity contribution is 5.92. The van der Waals surface area contributed by atoms with Crippen LogP contribution in [0.5, 0.6) is 0 Å². The first-order valence-corrected chi connectivity index (χ1v) is 10.8. The zero-order valence-corrected chi connectivity index (χ0v) is 18.9. The fourth-order valence-corrected chi connectivity index (χ4v) is 3.49. The van der Waals surface area contributed by atoms with Crippen LogP contribution in [0.2, 0.25) is 0 Å². The van der Waals surface area contributed by atoms with E-state index in [-0.39, 0.29) is 12.0 Å². The van der Waals surface area contributed by atoms with Gasteiger partial charge in [-0.15, -0.1) is 0 Å². The molecule has 0 aliphatic carbocycles. The maximum absolute atomic E-state index is 12.5. The van der Waals surface area contributed by atoms with Crippen molar-refractivity contribution >= 4 is 12.0 Å². The number of amides is 2. The highest BCUT2D eigenvalue weighted by Crippen LogP contribution is 2.13. The second-order valence-corrected chi connectivity index (χ2v) is 8.84. The van der Waals surface area contributed by atoms with Gasteiger partial charge in [0, 0.05) is 38.4 Å². The van der Waals surface area contributed by atoms with E-state index in [0.717, 1.165) is 37.4 Å². The Labute approximate surface area is 184 Å². The number of hydrogen-bond acceptors (Lipinski definition) is 5. The standard InChI is InChI=1S/C23H33N5O3/c1-18-17-20(25-28(18)19-9-6-5-7-10-19)21(29)24-11-8-12-26-13-15-27(16-14-26)22(30)31-23(2,3)4/h5-7,9-10,17H,8,11-16H2,1-4H3,(H,24,29). The highest BCUT2D eigenvalue weighted by Gasteiger charge is 2.25. The maximum Gasteiger partial charge on any atom is 0.410 e. The lowest BCUT2D eigenvalue weighted by Crippen LogP contribution is -2.50. The zero-order valence-electron chi connectivity index (χ0n) is 18.9. The summed E-state index contributed by atoms with van der Waals surface area (Å²) in [5.74, 6) is -0.160. The van der Waals surface area contributed by atoms with E-state index in [0.29, 0.717) is 25.3 Å². The van der Waals surface area contributed by atoms with Gasteiger partial charge in [-0.1, -0.05) is 18.2 Å². The molecular weight excluding hydrogens is 394 g/mol. The average molecular weight is 428 g/mol. The average Bonchev–Trinajstić information content (AvgIpc) is 3.12. The summed E-state index contributed by atoms with van der Waals surface area (Å²) in [5.41, 5.74) is 1.80. The molecule has 31 heavy (non-hydrogen) atoms. The highest BCUT2D eigenvalue weighted by atomic mass is 16.6. The molecule has 0 bridgehead atoms. The van der Waals surface area contributed by atoms with Crippen LogP contribution >= 0.6 is 0 Å². The molecule has 1 aromatic carbocycles. The van der Waals surface area contributed by atoms with Crippen LogP contribution in [0.15, 0.2) is 36.4 Å². The van der Waals surface area contributed by atoms with E-state index in [4.69, 9.17) is 4.74 Å². The Hall–Kier alpha value is -2.87. The summed E-state index contributed by atoms with van der Waals surface area (Å²) >= 11 is 0. The van der Waals surface area contributed by atoms with E-state index in [1.165, 1.54) is 0 Å². The molecule has 1 N–H and O–H groups in total. The third-order valence-electron chi connectivity index (χ3n) is 5.08. The van der Waals surface area contributed by atoms with Gasteiger partial charge in [-0.3, -0.25) is 9.69 Å². The zero-order chi connectivity index (χ0) is 22.4. The number of carbonyl (C=O) groups is 2. The number of nitrogens with zero attached hydrogens (tertiary/aromatic N) is 4. The molecule has 1 aliphatic rings. The van der Waals surface area contributed by atoms with E-state index >= 15 is 0 Å². The Balaban J connectivity index is 1.38. The molecule has 8 heteroatoms. The van der Waals surface area contributed by atoms with Crippen molar-refractivity contribution in [1.29, 1.82) is 0 Å². The Bertz CT molecular complexity index is 880. The van der Waals surface area contributed by atoms with E-state index < -0.39 is 5.60 Å². The normalized spacial score (nSPS) is 15.0. The molecule has 1 aliphatic heterocycles. The molecule has 1 saturated heterocycles. The lowest BCUT2D eigenvalue weighted by Gasteiger charge is -2.35. The molecule has 1 aromatic heterocycles. The monoisotopic (exact) mass is 427 g/mol. The molecule has 0 spiro atoms. The minimum absolute atomic E-state index is 0.160. The van der Waals surface area contributed by atoms with Crippen LogP contribution in [0.25, 0.3) is 5.69 Å². The third kappa shape index (κ3) is 6.55. The molecule has 0 saturated carbocycles. The largest absolute Gasteiger partial charge is 0.444 e. The molecule has 0 radical (unpaired) electrons. The summed E-state index contributed by atoms with van der Waals surface area (Å²) in [6, 6.07) is 11.6. The second kappa shape index (κ2) is 9.96. The van der Waals surface area contributed by atoms with Crippen molar-refractivity contribution in [2.24, 2.45) is 0 Å². The number of para-hydroxylation sites is 1. The van der Waals surface area contributed by atoms with Crippen molar-refractivity contribution in [3.8, 4) is 5.69 Å². The number of benzene rings is 1. The number of aryl methyl sites for hydroxylation is 1. The quantitative estimate of drug-likeness (QED) is 0.717. The van der Waals surface area contributed by atoms with Gasteiger partial charge in [0.05, 0.1) is 5.69 Å². The van der Waals surface area contributed by atoms with Crippen molar-refractivity contribution < 1.29 is 14.3 Å². The molecule has 1 fully saturated rings. The molecule has 0 unspecified atom stereocenters. The molecular formula is C23H33N5O3. The number of nitrogens with one attached hydrogen (secondary N) is 1. The molecule has 0 atom stereocenters. The summed E-state index contributed by atoms with van der Waals surface area (Å²) < 4.78 is 7.21. The van der Waals surface area contributed by atoms with E-state index in [1.807, 2.05) is 58.0 Å². The first kappa shape index (κ1) is 22.8. The van der Waals surface area contributed by atoms with Crippen LogP contribution < -0.4 is 5.32 Å². The van der Waals surface area contributed by atoms with Gasteiger partial charge in [0.1, 0.15) is 5.60 Å². The minimum Gasteiger partial charge on any atom is -0.444 e. The smallest absolute Gasteiger partial charge is 0.410 e. The van der Waals surface area contributed by atoms with E-state index in [2.05, 4.69) is 15.3 Å². The number of piperazine rings is 1. The van der Waals surface area contributed by atoms with Crippen LogP contribution in [-0.2, 0) is 4.74 Å². The summed E-state index contributed by atoms with van der Waals surface area (Å²) in [5, 5.41) is 7.40. The first-order valence-electron chi connectivity index (χ1n) is 10.8. The van der Waals surface area contributed by atoms with Crippen molar-refractivity contribution in [3.05, 3.63) is 47.8 Å². The summed E-state index contributed by atoms with van der Waals surface area (Å²) in [4.78, 5) is 28.7. The summed E-state index contributed by atoms with van der Waals surface area (Å²) in [6.45, 7) is 12.0. The third-order valence-corrected chi connectivity index (χ3v) is 5.08. The number of ether oxygens (including phenoxy) is 1. The topological polar surface area (TPSA) is 79.7 Å². The molecule has 3 rings (SSSR count). The first-order chi connectivity index (χ1) is 14.7. The SMILES string of the molecule is Cc1cc(C(=O)NCCCN2CCN(C(=O)OC(C)(C)C)CC2)nn1-c1ccccc1. The van der Waals surface area contributed by atoms with Gasteiger partial charge in [0.15, 0.2) is 5.69 Å². The van der Waals surface area contributed by atoms with Crippen LogP contribution in [0.4, 0.5) is 4.79 Å². The fourth-order valence-electron chi connectivity index (χ4n) is 3.49. The van der Waals surface area contributed by atoms with Gasteiger partial charge in [0.25, 0.3) is 5.91 Å². The van der Waals surface area contributed by atoms with Gasteiger partial charge in [-0.2, -0.15) is 5.10 Å². The van der Waals surface area contributed by atoms with Crippen molar-refractivity contribution in [2.45, 2.75) is 39.7 Å². The van der Waals surface area contributed by atoms with Gasteiger partial charge < -0.3 is 15.0 Å². The fraction of sp³-hybridized carbons (Fsp3) is 0.522. The van der Waals surface area contributed by atoms with Gasteiger partial charge in [0.2, 0.25) is 0 Å². The molecule has 168 valence electrons. The van der Waals surface area contributed by atoms with Gasteiger partial charge in [-0.25, -0.2) is 9.48 Å². The van der Waals surface area contributed by atoms with Crippen LogP contribution in [0.1, 0.15) is 43.4 Å². The summed E-state index contributed by atoms with van der Waals surface area (Å²) in [6.07, 6.45) is 0.598. The van der Waals surface area contributed by atoms with Crippen LogP contribution in [-0.4, -0.2) is 76.5 Å². The predicted octanol–water partition coefficient (Wildman–Crippen LogP) is 2.85. The minimum atomic E-state index is -0.470. The molecule has 2 amide bonds. The molecule has 2 heterocycles. The Morgan fingerprint density at radius 1 is 1.10 bits per heavy atom. The number of aromatic nitrogens is 2. The van der Waals surface area contributed by atoms with Crippen LogP contribution in [0, 0.1) is 6.92 Å². The van der Waals surface area contributed by atoms with E-state index in [1.54, 1.807) is 15.6 Å². The van der Waals surface area contributed by atoms with E-state index in [9.17, 15) is 9.59 Å². The number of rotatable bonds is 6. The lowest BCUT2D eigenvalue weighted by molar-refractivity contribution is 0.0144. The number of carbonyl (C=O) groups excluding carboxylic acids is 2. The number of hydrogen-bond donors (Lipinski definition) is 1. The van der Waals surface area contributed by atoms with Gasteiger partial charge >= 0.3 is 6.09 Å². The maximum atomic E-state index is 12.5. The van der Waals surface area contributed by atoms with Crippen molar-refractivity contribution in [3.63, 3.8) is 0 Å². The summed E-state index contributed by atoms with van der Waals surface area (Å²) in [7, 11) is 0. The molecule has 8 nitrogen and oxygen atoms in total. The van der Waals surface area contributed by atoms with Crippen molar-refractivity contribution in [1.82, 2.24) is 24.9 Å². The Morgan fingerprint density at radius 3 is 2.42 bits per heavy atom. The predicted molar refractivity (Wildman–Crippen MR) is 119 cm³/mol.